The number of ether oxygens (including phenoxy) is 2. The molecule has 2 saturated heterocycles. The summed E-state index contributed by atoms with van der Waals surface area (Å²) in [6.07, 6.45) is 5.55. The second-order valence-electron chi connectivity index (χ2n) is 10.8. The number of carbonyl (C=O) groups excluding carboxylic acids is 3. The summed E-state index contributed by atoms with van der Waals surface area (Å²) in [7, 11) is 0. The predicted molar refractivity (Wildman–Crippen MR) is 133 cm³/mol. The second kappa shape index (κ2) is 11.0. The van der Waals surface area contributed by atoms with Crippen LogP contribution < -0.4 is 5.32 Å². The van der Waals surface area contributed by atoms with E-state index in [4.69, 9.17) is 9.47 Å². The number of allylic oxidation sites excluding steroid dienone is 1. The molecule has 1 aliphatic carbocycles. The number of morpholine rings is 1. The Kier molecular flexibility index (Phi) is 7.97. The van der Waals surface area contributed by atoms with E-state index in [0.717, 1.165) is 25.7 Å². The Morgan fingerprint density at radius 2 is 1.92 bits per heavy atom. The van der Waals surface area contributed by atoms with E-state index in [0.29, 0.717) is 25.3 Å². The van der Waals surface area contributed by atoms with Crippen molar-refractivity contribution >= 4 is 23.6 Å². The molecule has 0 bridgehead atoms. The van der Waals surface area contributed by atoms with Crippen molar-refractivity contribution in [2.24, 2.45) is 0 Å². The number of hydrogen-bond donors (Lipinski definition) is 1. The highest BCUT2D eigenvalue weighted by Gasteiger charge is 2.49. The highest BCUT2D eigenvalue weighted by Crippen LogP contribution is 2.30. The highest BCUT2D eigenvalue weighted by molar-refractivity contribution is 5.95. The minimum Gasteiger partial charge on any atom is -0.444 e. The summed E-state index contributed by atoms with van der Waals surface area (Å²) in [5.41, 5.74) is 1.17. The van der Waals surface area contributed by atoms with E-state index in [9.17, 15) is 18.8 Å². The van der Waals surface area contributed by atoms with Gasteiger partial charge in [-0.25, -0.2) is 9.18 Å². The molecule has 3 unspecified atom stereocenters. The Hall–Kier alpha value is -2.94. The molecular weight excluding hydrogens is 465 g/mol. The van der Waals surface area contributed by atoms with Crippen LogP contribution in [0.3, 0.4) is 0 Å². The van der Waals surface area contributed by atoms with E-state index in [-0.39, 0.29) is 18.4 Å². The smallest absolute Gasteiger partial charge is 0.410 e. The van der Waals surface area contributed by atoms with Gasteiger partial charge < -0.3 is 24.6 Å². The van der Waals surface area contributed by atoms with Crippen LogP contribution in [0, 0.1) is 5.82 Å². The number of anilines is 1. The van der Waals surface area contributed by atoms with Crippen LogP contribution in [-0.4, -0.2) is 71.2 Å². The molecule has 9 heteroatoms. The zero-order valence-corrected chi connectivity index (χ0v) is 21.3. The van der Waals surface area contributed by atoms with Gasteiger partial charge in [-0.1, -0.05) is 11.6 Å². The van der Waals surface area contributed by atoms with Crippen LogP contribution in [0.25, 0.3) is 0 Å². The van der Waals surface area contributed by atoms with Crippen molar-refractivity contribution in [3.63, 3.8) is 0 Å². The number of nitrogens with one attached hydrogen (secondary N) is 1. The summed E-state index contributed by atoms with van der Waals surface area (Å²) in [6, 6.07) is 5.16. The number of nitrogens with zero attached hydrogens (tertiary/aromatic N) is 2. The number of hydrogen-bond acceptors (Lipinski definition) is 5. The average molecular weight is 502 g/mol. The maximum Gasteiger partial charge on any atom is 0.410 e. The maximum absolute atomic E-state index is 13.5. The first-order chi connectivity index (χ1) is 17.1. The summed E-state index contributed by atoms with van der Waals surface area (Å²) >= 11 is 0. The monoisotopic (exact) mass is 501 g/mol. The molecule has 1 aromatic carbocycles. The van der Waals surface area contributed by atoms with Gasteiger partial charge in [-0.05, 0) is 77.1 Å². The van der Waals surface area contributed by atoms with E-state index in [2.05, 4.69) is 11.4 Å². The van der Waals surface area contributed by atoms with Crippen molar-refractivity contribution in [1.82, 2.24) is 9.80 Å². The fraction of sp³-hybridized carbons (Fsp3) is 0.593. The molecule has 0 saturated carbocycles. The van der Waals surface area contributed by atoms with Gasteiger partial charge >= 0.3 is 6.09 Å². The standard InChI is InChI=1S/C27H36FN3O5/c1-27(2,3)36-26(34)30-16-21-23(17-30)35-22(15-24(32)29-20-11-9-19(28)10-12-20)25(33)31(21)14-13-18-7-5-4-6-8-18/h7,9-12,21-23H,4-6,8,13-17H2,1-3H3,(H,29,32). The van der Waals surface area contributed by atoms with Gasteiger partial charge in [0.05, 0.1) is 25.1 Å². The lowest BCUT2D eigenvalue weighted by atomic mass is 9.96. The lowest BCUT2D eigenvalue weighted by Crippen LogP contribution is -2.58. The van der Waals surface area contributed by atoms with Crippen molar-refractivity contribution in [2.45, 2.75) is 83.1 Å². The zero-order chi connectivity index (χ0) is 25.9. The molecule has 0 aromatic heterocycles. The minimum atomic E-state index is -0.953. The van der Waals surface area contributed by atoms with Crippen LogP contribution in [0.15, 0.2) is 35.9 Å². The molecule has 8 nitrogen and oxygen atoms in total. The van der Waals surface area contributed by atoms with E-state index >= 15 is 0 Å². The third-order valence-corrected chi connectivity index (χ3v) is 6.74. The molecule has 3 aliphatic rings. The lowest BCUT2D eigenvalue weighted by molar-refractivity contribution is -0.168. The van der Waals surface area contributed by atoms with Crippen LogP contribution in [0.1, 0.15) is 59.3 Å². The largest absolute Gasteiger partial charge is 0.444 e. The third-order valence-electron chi connectivity index (χ3n) is 6.74. The molecular formula is C27H36FN3O5. The summed E-state index contributed by atoms with van der Waals surface area (Å²) in [4.78, 5) is 42.3. The van der Waals surface area contributed by atoms with Crippen molar-refractivity contribution in [2.75, 3.05) is 25.0 Å². The number of benzene rings is 1. The number of halogens is 1. The van der Waals surface area contributed by atoms with Crippen molar-refractivity contribution < 1.29 is 28.2 Å². The fourth-order valence-electron chi connectivity index (χ4n) is 5.00. The second-order valence-corrected chi connectivity index (χ2v) is 10.8. The molecule has 2 fully saturated rings. The summed E-state index contributed by atoms with van der Waals surface area (Å²) in [5, 5.41) is 2.70. The molecule has 2 aliphatic heterocycles. The van der Waals surface area contributed by atoms with E-state index in [1.54, 1.807) is 9.80 Å². The first-order valence-corrected chi connectivity index (χ1v) is 12.8. The van der Waals surface area contributed by atoms with Crippen molar-refractivity contribution in [3.8, 4) is 0 Å². The van der Waals surface area contributed by atoms with Crippen molar-refractivity contribution in [1.29, 1.82) is 0 Å². The van der Waals surface area contributed by atoms with E-state index < -0.39 is 35.6 Å². The third kappa shape index (κ3) is 6.63. The molecule has 1 aromatic rings. The Bertz CT molecular complexity index is 1000. The molecule has 36 heavy (non-hydrogen) atoms. The van der Waals surface area contributed by atoms with Gasteiger partial charge in [-0.2, -0.15) is 0 Å². The average Bonchev–Trinajstić information content (AvgIpc) is 3.24. The Labute approximate surface area is 211 Å². The Morgan fingerprint density at radius 3 is 2.58 bits per heavy atom. The van der Waals surface area contributed by atoms with E-state index in [1.165, 1.54) is 36.3 Å². The molecule has 4 rings (SSSR count). The van der Waals surface area contributed by atoms with Gasteiger partial charge in [0, 0.05) is 18.8 Å². The molecule has 0 spiro atoms. The Morgan fingerprint density at radius 1 is 1.17 bits per heavy atom. The number of amides is 3. The minimum absolute atomic E-state index is 0.162. The van der Waals surface area contributed by atoms with Crippen LogP contribution in [0.2, 0.25) is 0 Å². The highest BCUT2D eigenvalue weighted by atomic mass is 19.1. The van der Waals surface area contributed by atoms with E-state index in [1.807, 2.05) is 20.8 Å². The van der Waals surface area contributed by atoms with Gasteiger partial charge in [0.1, 0.15) is 17.5 Å². The maximum atomic E-state index is 13.5. The molecule has 3 atom stereocenters. The number of rotatable bonds is 6. The predicted octanol–water partition coefficient (Wildman–Crippen LogP) is 4.26. The molecule has 3 amide bonds. The number of likely N-dealkylation sites (tertiary alicyclic amines) is 1. The van der Waals surface area contributed by atoms with Crippen molar-refractivity contribution in [3.05, 3.63) is 41.7 Å². The fourth-order valence-corrected chi connectivity index (χ4v) is 5.00. The van der Waals surface area contributed by atoms with Gasteiger partial charge in [0.15, 0.2) is 0 Å². The lowest BCUT2D eigenvalue weighted by Gasteiger charge is -2.40. The number of carbonyl (C=O) groups is 3. The molecule has 196 valence electrons. The summed E-state index contributed by atoms with van der Waals surface area (Å²) in [6.45, 7) is 6.59. The van der Waals surface area contributed by atoms with Crippen LogP contribution in [-0.2, 0) is 19.1 Å². The van der Waals surface area contributed by atoms with Crippen LogP contribution in [0.5, 0.6) is 0 Å². The van der Waals surface area contributed by atoms with Crippen LogP contribution in [0.4, 0.5) is 14.9 Å². The summed E-state index contributed by atoms with van der Waals surface area (Å²) in [5.74, 6) is -1.03. The van der Waals surface area contributed by atoms with Gasteiger partial charge in [-0.15, -0.1) is 0 Å². The van der Waals surface area contributed by atoms with Gasteiger partial charge in [0.25, 0.3) is 5.91 Å². The normalized spacial score (nSPS) is 24.3. The number of fused-ring (bicyclic) bond motifs is 1. The first kappa shape index (κ1) is 26.1. The SMILES string of the molecule is CC(C)(C)OC(=O)N1CC2OC(CC(=O)Nc3ccc(F)cc3)C(=O)N(CCC3=CCCCC3)C2C1. The molecule has 2 heterocycles. The molecule has 0 radical (unpaired) electrons. The zero-order valence-electron chi connectivity index (χ0n) is 21.3. The van der Waals surface area contributed by atoms with Crippen LogP contribution >= 0.6 is 0 Å². The van der Waals surface area contributed by atoms with Gasteiger partial charge in [0.2, 0.25) is 5.91 Å². The first-order valence-electron chi connectivity index (χ1n) is 12.8. The quantitative estimate of drug-likeness (QED) is 0.589. The molecule has 1 N–H and O–H groups in total. The topological polar surface area (TPSA) is 88.2 Å². The van der Waals surface area contributed by atoms with Gasteiger partial charge in [-0.3, -0.25) is 9.59 Å². The Balaban J connectivity index is 1.46. The summed E-state index contributed by atoms with van der Waals surface area (Å²) < 4.78 is 24.8.